The van der Waals surface area contributed by atoms with Crippen molar-refractivity contribution in [3.8, 4) is 5.75 Å². The Kier molecular flexibility index (Phi) is 3.97. The van der Waals surface area contributed by atoms with E-state index in [1.807, 2.05) is 6.07 Å². The lowest BCUT2D eigenvalue weighted by atomic mass is 10.0. The molecule has 1 heterocycles. The largest absolute Gasteiger partial charge is 0.493 e. The monoisotopic (exact) mass is 238 g/mol. The molecule has 1 saturated heterocycles. The van der Waals surface area contributed by atoms with Crippen LogP contribution >= 0.6 is 0 Å². The molecule has 1 unspecified atom stereocenters. The number of methoxy groups -OCH3 is 1. The van der Waals surface area contributed by atoms with E-state index < -0.39 is 0 Å². The second-order valence-electron chi connectivity index (χ2n) is 4.32. The Hall–Kier alpha value is -1.13. The molecule has 0 amide bonds. The van der Waals surface area contributed by atoms with Crippen molar-refractivity contribution in [3.63, 3.8) is 0 Å². The molecule has 1 aromatic rings. The molecule has 2 rings (SSSR count). The molecule has 1 N–H and O–H groups in total. The molecule has 0 saturated carbocycles. The zero-order valence-electron chi connectivity index (χ0n) is 10.4. The summed E-state index contributed by atoms with van der Waals surface area (Å²) in [6.07, 6.45) is 0. The number of ether oxygens (including phenoxy) is 1. The third-order valence-electron chi connectivity index (χ3n) is 3.35. The Morgan fingerprint density at radius 2 is 2.06 bits per heavy atom. The Balaban J connectivity index is 2.23. The molecule has 94 valence electrons. The molecule has 0 aliphatic carbocycles. The van der Waals surface area contributed by atoms with Crippen molar-refractivity contribution < 1.29 is 9.13 Å². The van der Waals surface area contributed by atoms with Crippen molar-refractivity contribution in [2.75, 3.05) is 33.3 Å². The van der Waals surface area contributed by atoms with E-state index in [0.717, 1.165) is 31.7 Å². The van der Waals surface area contributed by atoms with Crippen LogP contribution in [0.15, 0.2) is 18.2 Å². The van der Waals surface area contributed by atoms with Gasteiger partial charge in [0, 0.05) is 37.8 Å². The lowest BCUT2D eigenvalue weighted by Gasteiger charge is -2.33. The fourth-order valence-electron chi connectivity index (χ4n) is 2.34. The van der Waals surface area contributed by atoms with E-state index >= 15 is 0 Å². The zero-order chi connectivity index (χ0) is 12.3. The molecular formula is C13H19FN2O. The fourth-order valence-corrected chi connectivity index (χ4v) is 2.34. The molecule has 1 atom stereocenters. The molecule has 0 aromatic heterocycles. The van der Waals surface area contributed by atoms with Gasteiger partial charge in [-0.1, -0.05) is 12.1 Å². The van der Waals surface area contributed by atoms with E-state index in [1.165, 1.54) is 13.2 Å². The van der Waals surface area contributed by atoms with Gasteiger partial charge in [-0.3, -0.25) is 4.90 Å². The second kappa shape index (κ2) is 5.47. The SMILES string of the molecule is COc1c(F)cccc1C(C)N1CCNCC1. The maximum Gasteiger partial charge on any atom is 0.165 e. The fraction of sp³-hybridized carbons (Fsp3) is 0.538. The predicted octanol–water partition coefficient (Wildman–Crippen LogP) is 1.80. The summed E-state index contributed by atoms with van der Waals surface area (Å²) >= 11 is 0. The third-order valence-corrected chi connectivity index (χ3v) is 3.35. The molecule has 1 aromatic carbocycles. The van der Waals surface area contributed by atoms with Gasteiger partial charge in [-0.25, -0.2) is 4.39 Å². The average Bonchev–Trinajstić information content (AvgIpc) is 2.38. The molecule has 4 heteroatoms. The summed E-state index contributed by atoms with van der Waals surface area (Å²) in [7, 11) is 1.52. The number of nitrogens with one attached hydrogen (secondary N) is 1. The topological polar surface area (TPSA) is 24.5 Å². The minimum atomic E-state index is -0.285. The van der Waals surface area contributed by atoms with Crippen molar-refractivity contribution >= 4 is 0 Å². The number of hydrogen-bond acceptors (Lipinski definition) is 3. The average molecular weight is 238 g/mol. The molecule has 0 spiro atoms. The van der Waals surface area contributed by atoms with E-state index in [0.29, 0.717) is 5.75 Å². The van der Waals surface area contributed by atoms with E-state index in [4.69, 9.17) is 4.74 Å². The second-order valence-corrected chi connectivity index (χ2v) is 4.32. The lowest BCUT2D eigenvalue weighted by molar-refractivity contribution is 0.182. The van der Waals surface area contributed by atoms with Gasteiger partial charge in [0.05, 0.1) is 7.11 Å². The molecule has 17 heavy (non-hydrogen) atoms. The third kappa shape index (κ3) is 2.58. The molecule has 1 fully saturated rings. The first-order valence-electron chi connectivity index (χ1n) is 6.01. The van der Waals surface area contributed by atoms with Gasteiger partial charge < -0.3 is 10.1 Å². The normalized spacial score (nSPS) is 19.0. The van der Waals surface area contributed by atoms with Crippen LogP contribution in [0.25, 0.3) is 0 Å². The van der Waals surface area contributed by atoms with Crippen LogP contribution in [0.1, 0.15) is 18.5 Å². The van der Waals surface area contributed by atoms with Crippen LogP contribution in [0.4, 0.5) is 4.39 Å². The van der Waals surface area contributed by atoms with Crippen LogP contribution in [-0.4, -0.2) is 38.2 Å². The summed E-state index contributed by atoms with van der Waals surface area (Å²) < 4.78 is 18.8. The number of rotatable bonds is 3. The summed E-state index contributed by atoms with van der Waals surface area (Å²) in [5, 5.41) is 3.31. The number of para-hydroxylation sites is 1. The van der Waals surface area contributed by atoms with Gasteiger partial charge in [-0.2, -0.15) is 0 Å². The van der Waals surface area contributed by atoms with Crippen LogP contribution in [0.2, 0.25) is 0 Å². The van der Waals surface area contributed by atoms with E-state index in [2.05, 4.69) is 17.1 Å². The van der Waals surface area contributed by atoms with Gasteiger partial charge in [0.15, 0.2) is 11.6 Å². The maximum absolute atomic E-state index is 13.6. The molecule has 1 aliphatic heterocycles. The quantitative estimate of drug-likeness (QED) is 0.869. The first-order chi connectivity index (χ1) is 8.24. The first kappa shape index (κ1) is 12.3. The predicted molar refractivity (Wildman–Crippen MR) is 65.8 cm³/mol. The molecule has 0 bridgehead atoms. The van der Waals surface area contributed by atoms with Crippen molar-refractivity contribution in [3.05, 3.63) is 29.6 Å². The van der Waals surface area contributed by atoms with E-state index in [1.54, 1.807) is 6.07 Å². The van der Waals surface area contributed by atoms with Crippen molar-refractivity contribution in [1.82, 2.24) is 10.2 Å². The van der Waals surface area contributed by atoms with E-state index in [9.17, 15) is 4.39 Å². The van der Waals surface area contributed by atoms with Crippen molar-refractivity contribution in [1.29, 1.82) is 0 Å². The summed E-state index contributed by atoms with van der Waals surface area (Å²) in [5.41, 5.74) is 0.925. The Bertz CT molecular complexity index is 378. The summed E-state index contributed by atoms with van der Waals surface area (Å²) in [5.74, 6) is 0.0884. The summed E-state index contributed by atoms with van der Waals surface area (Å²) in [6, 6.07) is 5.30. The van der Waals surface area contributed by atoms with Gasteiger partial charge in [0.2, 0.25) is 0 Å². The van der Waals surface area contributed by atoms with Crippen molar-refractivity contribution in [2.24, 2.45) is 0 Å². The number of halogens is 1. The number of piperazine rings is 1. The standard InChI is InChI=1S/C13H19FN2O/c1-10(16-8-6-15-7-9-16)11-4-3-5-12(14)13(11)17-2/h3-5,10,15H,6-9H2,1-2H3. The summed E-state index contributed by atoms with van der Waals surface area (Å²) in [6.45, 7) is 6.05. The van der Waals surface area contributed by atoms with Crippen LogP contribution < -0.4 is 10.1 Å². The Labute approximate surface area is 102 Å². The van der Waals surface area contributed by atoms with Crippen LogP contribution in [0.3, 0.4) is 0 Å². The zero-order valence-corrected chi connectivity index (χ0v) is 10.4. The molecule has 0 radical (unpaired) electrons. The van der Waals surface area contributed by atoms with Gasteiger partial charge in [0.1, 0.15) is 0 Å². The molecule has 1 aliphatic rings. The highest BCUT2D eigenvalue weighted by Gasteiger charge is 2.22. The Morgan fingerprint density at radius 3 is 2.71 bits per heavy atom. The highest BCUT2D eigenvalue weighted by Crippen LogP contribution is 2.31. The number of benzene rings is 1. The lowest BCUT2D eigenvalue weighted by Crippen LogP contribution is -2.44. The van der Waals surface area contributed by atoms with Crippen LogP contribution in [-0.2, 0) is 0 Å². The Morgan fingerprint density at radius 1 is 1.35 bits per heavy atom. The molecular weight excluding hydrogens is 219 g/mol. The smallest absolute Gasteiger partial charge is 0.165 e. The van der Waals surface area contributed by atoms with Crippen molar-refractivity contribution in [2.45, 2.75) is 13.0 Å². The highest BCUT2D eigenvalue weighted by molar-refractivity contribution is 5.37. The van der Waals surface area contributed by atoms with E-state index in [-0.39, 0.29) is 11.9 Å². The minimum absolute atomic E-state index is 0.183. The van der Waals surface area contributed by atoms with Crippen LogP contribution in [0, 0.1) is 5.82 Å². The van der Waals surface area contributed by atoms with Gasteiger partial charge in [-0.05, 0) is 13.0 Å². The van der Waals surface area contributed by atoms with Crippen LogP contribution in [0.5, 0.6) is 5.75 Å². The minimum Gasteiger partial charge on any atom is -0.493 e. The molecule has 3 nitrogen and oxygen atoms in total. The number of nitrogens with zero attached hydrogens (tertiary/aromatic N) is 1. The highest BCUT2D eigenvalue weighted by atomic mass is 19.1. The van der Waals surface area contributed by atoms with Gasteiger partial charge in [-0.15, -0.1) is 0 Å². The number of hydrogen-bond donors (Lipinski definition) is 1. The van der Waals surface area contributed by atoms with Gasteiger partial charge in [0.25, 0.3) is 0 Å². The summed E-state index contributed by atoms with van der Waals surface area (Å²) in [4.78, 5) is 2.34. The first-order valence-corrected chi connectivity index (χ1v) is 6.01. The van der Waals surface area contributed by atoms with Gasteiger partial charge >= 0.3 is 0 Å². The maximum atomic E-state index is 13.6.